The normalized spacial score (nSPS) is 38.6. The molecule has 1 heterocycles. The maximum absolute atomic E-state index is 10.5. The number of hydrogen-bond acceptors (Lipinski definition) is 5. The van der Waals surface area contributed by atoms with Crippen LogP contribution in [-0.4, -0.2) is 45.4 Å². The molecule has 62 valence electrons. The molecule has 0 saturated carbocycles. The molecule has 0 bridgehead atoms. The van der Waals surface area contributed by atoms with Crippen molar-refractivity contribution in [2.75, 3.05) is 0 Å². The second-order valence-corrected chi connectivity index (χ2v) is 2.23. The lowest BCUT2D eigenvalue weighted by Crippen LogP contribution is -2.60. The predicted octanol–water partition coefficient (Wildman–Crippen LogP) is -3.27. The molecule has 3 atom stereocenters. The Balaban J connectivity index is 2.78. The minimum Gasteiger partial charge on any atom is -0.387 e. The minimum absolute atomic E-state index is 0.993. The Morgan fingerprint density at radius 3 is 1.73 bits per heavy atom. The van der Waals surface area contributed by atoms with Crippen molar-refractivity contribution >= 4 is 11.8 Å². The number of amides is 2. The van der Waals surface area contributed by atoms with E-state index in [0.29, 0.717) is 0 Å². The van der Waals surface area contributed by atoms with Crippen molar-refractivity contribution in [2.45, 2.75) is 18.3 Å². The van der Waals surface area contributed by atoms with Gasteiger partial charge in [-0.25, -0.2) is 0 Å². The SMILES string of the molecule is O=C1NC(=O)[C@H](O)[C@@H](O)[C@@H]1O. The molecule has 1 aliphatic rings. The highest BCUT2D eigenvalue weighted by atomic mass is 16.4. The van der Waals surface area contributed by atoms with Gasteiger partial charge in [0.15, 0.2) is 12.2 Å². The van der Waals surface area contributed by atoms with Crippen LogP contribution in [0.25, 0.3) is 0 Å². The summed E-state index contributed by atoms with van der Waals surface area (Å²) < 4.78 is 0. The fourth-order valence-corrected chi connectivity index (χ4v) is 0.752. The number of piperidine rings is 1. The van der Waals surface area contributed by atoms with E-state index in [9.17, 15) is 9.59 Å². The monoisotopic (exact) mass is 161 g/mol. The van der Waals surface area contributed by atoms with E-state index in [1.807, 2.05) is 0 Å². The fraction of sp³-hybridized carbons (Fsp3) is 0.600. The molecule has 6 nitrogen and oxygen atoms in total. The van der Waals surface area contributed by atoms with Crippen molar-refractivity contribution in [2.24, 2.45) is 0 Å². The molecule has 4 N–H and O–H groups in total. The summed E-state index contributed by atoms with van der Waals surface area (Å²) in [5, 5.41) is 28.0. The number of rotatable bonds is 0. The van der Waals surface area contributed by atoms with Gasteiger partial charge < -0.3 is 15.3 Å². The van der Waals surface area contributed by atoms with Gasteiger partial charge in [0.05, 0.1) is 0 Å². The summed E-state index contributed by atoms with van der Waals surface area (Å²) in [4.78, 5) is 21.0. The number of hydrogen-bond donors (Lipinski definition) is 4. The molecule has 0 unspecified atom stereocenters. The standard InChI is InChI=1S/C5H7NO5/c7-1-2(8)4(10)6-5(11)3(1)9/h1-3,7-9H,(H,6,10,11)/t1-,2-,3+. The lowest BCUT2D eigenvalue weighted by molar-refractivity contribution is -0.161. The Labute approximate surface area is 61.4 Å². The van der Waals surface area contributed by atoms with E-state index >= 15 is 0 Å². The third-order valence-electron chi connectivity index (χ3n) is 1.43. The van der Waals surface area contributed by atoms with Crippen LogP contribution in [0.2, 0.25) is 0 Å². The number of imide groups is 1. The molecule has 6 heteroatoms. The van der Waals surface area contributed by atoms with E-state index in [-0.39, 0.29) is 0 Å². The molecule has 1 saturated heterocycles. The van der Waals surface area contributed by atoms with Crippen LogP contribution < -0.4 is 5.32 Å². The Morgan fingerprint density at radius 1 is 1.00 bits per heavy atom. The molecule has 1 fully saturated rings. The average molecular weight is 161 g/mol. The number of aliphatic hydroxyl groups is 3. The first-order valence-corrected chi connectivity index (χ1v) is 2.93. The highest BCUT2D eigenvalue weighted by molar-refractivity contribution is 6.02. The lowest BCUT2D eigenvalue weighted by atomic mass is 10.0. The van der Waals surface area contributed by atoms with E-state index in [1.54, 1.807) is 5.32 Å². The van der Waals surface area contributed by atoms with Crippen LogP contribution in [0.3, 0.4) is 0 Å². The molecule has 0 aromatic heterocycles. The zero-order chi connectivity index (χ0) is 8.59. The Kier molecular flexibility index (Phi) is 1.90. The number of carbonyl (C=O) groups excluding carboxylic acids is 2. The highest BCUT2D eigenvalue weighted by Crippen LogP contribution is 2.05. The first-order chi connectivity index (χ1) is 5.04. The van der Waals surface area contributed by atoms with Crippen LogP contribution in [0, 0.1) is 0 Å². The molecule has 2 amide bonds. The van der Waals surface area contributed by atoms with Crippen molar-refractivity contribution < 1.29 is 24.9 Å². The molecular weight excluding hydrogens is 154 g/mol. The van der Waals surface area contributed by atoms with E-state index in [2.05, 4.69) is 0 Å². The second-order valence-electron chi connectivity index (χ2n) is 2.23. The van der Waals surface area contributed by atoms with E-state index in [0.717, 1.165) is 0 Å². The fourth-order valence-electron chi connectivity index (χ4n) is 0.752. The summed E-state index contributed by atoms with van der Waals surface area (Å²) in [6.07, 6.45) is -5.19. The van der Waals surface area contributed by atoms with Crippen LogP contribution in [0.5, 0.6) is 0 Å². The third kappa shape index (κ3) is 1.23. The molecule has 0 aromatic carbocycles. The molecule has 0 aliphatic carbocycles. The van der Waals surface area contributed by atoms with Crippen LogP contribution in [0.1, 0.15) is 0 Å². The Hall–Kier alpha value is -0.980. The second kappa shape index (κ2) is 2.57. The molecule has 1 aliphatic heterocycles. The maximum atomic E-state index is 10.5. The Bertz CT molecular complexity index is 183. The first kappa shape index (κ1) is 8.12. The topological polar surface area (TPSA) is 107 Å². The molecule has 0 spiro atoms. The summed E-state index contributed by atoms with van der Waals surface area (Å²) in [7, 11) is 0. The lowest BCUT2D eigenvalue weighted by Gasteiger charge is -2.26. The van der Waals surface area contributed by atoms with Crippen molar-refractivity contribution in [1.29, 1.82) is 0 Å². The molecule has 1 rings (SSSR count). The summed E-state index contributed by atoms with van der Waals surface area (Å²) in [6.45, 7) is 0. The van der Waals surface area contributed by atoms with Gasteiger partial charge >= 0.3 is 0 Å². The van der Waals surface area contributed by atoms with E-state index in [4.69, 9.17) is 15.3 Å². The highest BCUT2D eigenvalue weighted by Gasteiger charge is 2.40. The van der Waals surface area contributed by atoms with Crippen LogP contribution in [0.15, 0.2) is 0 Å². The van der Waals surface area contributed by atoms with Crippen LogP contribution in [0.4, 0.5) is 0 Å². The van der Waals surface area contributed by atoms with Gasteiger partial charge in [0.25, 0.3) is 11.8 Å². The van der Waals surface area contributed by atoms with Crippen molar-refractivity contribution in [3.05, 3.63) is 0 Å². The summed E-state index contributed by atoms with van der Waals surface area (Å²) in [5.74, 6) is -1.99. The maximum Gasteiger partial charge on any atom is 0.258 e. The van der Waals surface area contributed by atoms with Gasteiger partial charge in [-0.3, -0.25) is 14.9 Å². The quantitative estimate of drug-likeness (QED) is 0.279. The van der Waals surface area contributed by atoms with Gasteiger partial charge in [0.1, 0.15) is 6.10 Å². The average Bonchev–Trinajstić information content (AvgIpc) is 1.97. The van der Waals surface area contributed by atoms with E-state index in [1.165, 1.54) is 0 Å². The number of nitrogens with one attached hydrogen (secondary N) is 1. The Morgan fingerprint density at radius 2 is 1.36 bits per heavy atom. The van der Waals surface area contributed by atoms with Gasteiger partial charge in [-0.2, -0.15) is 0 Å². The zero-order valence-electron chi connectivity index (χ0n) is 5.39. The smallest absolute Gasteiger partial charge is 0.258 e. The van der Waals surface area contributed by atoms with Crippen LogP contribution >= 0.6 is 0 Å². The van der Waals surface area contributed by atoms with Gasteiger partial charge in [-0.05, 0) is 0 Å². The molecule has 0 radical (unpaired) electrons. The third-order valence-corrected chi connectivity index (χ3v) is 1.43. The van der Waals surface area contributed by atoms with Crippen molar-refractivity contribution in [3.8, 4) is 0 Å². The van der Waals surface area contributed by atoms with E-state index < -0.39 is 30.1 Å². The summed E-state index contributed by atoms with van der Waals surface area (Å²) in [6, 6.07) is 0. The van der Waals surface area contributed by atoms with Crippen LogP contribution in [-0.2, 0) is 9.59 Å². The van der Waals surface area contributed by atoms with Gasteiger partial charge in [-0.1, -0.05) is 0 Å². The summed E-state index contributed by atoms with van der Waals surface area (Å²) >= 11 is 0. The van der Waals surface area contributed by atoms with Gasteiger partial charge in [-0.15, -0.1) is 0 Å². The van der Waals surface area contributed by atoms with Gasteiger partial charge in [0, 0.05) is 0 Å². The number of aliphatic hydroxyl groups excluding tert-OH is 3. The molecule has 11 heavy (non-hydrogen) atoms. The number of carbonyl (C=O) groups is 2. The minimum atomic E-state index is -1.73. The summed E-state index contributed by atoms with van der Waals surface area (Å²) in [5.41, 5.74) is 0. The largest absolute Gasteiger partial charge is 0.387 e. The van der Waals surface area contributed by atoms with Gasteiger partial charge in [0.2, 0.25) is 0 Å². The predicted molar refractivity (Wildman–Crippen MR) is 31.2 cm³/mol. The van der Waals surface area contributed by atoms with Crippen molar-refractivity contribution in [3.63, 3.8) is 0 Å². The molecule has 0 aromatic rings. The zero-order valence-corrected chi connectivity index (χ0v) is 5.39. The first-order valence-electron chi connectivity index (χ1n) is 2.93. The van der Waals surface area contributed by atoms with Crippen molar-refractivity contribution in [1.82, 2.24) is 5.32 Å². The molecular formula is C5H7NO5.